The minimum absolute atomic E-state index is 0.0139. The molecule has 4 aliphatic rings. The van der Waals surface area contributed by atoms with Crippen molar-refractivity contribution in [3.63, 3.8) is 0 Å². The third kappa shape index (κ3) is 9.37. The lowest BCUT2D eigenvalue weighted by atomic mass is 10.2. The van der Waals surface area contributed by atoms with E-state index in [0.29, 0.717) is 43.3 Å². The summed E-state index contributed by atoms with van der Waals surface area (Å²) in [5, 5.41) is 4.24. The zero-order chi connectivity index (χ0) is 43.3. The molecule has 0 N–H and O–H groups in total. The number of oxazole rings is 1. The van der Waals surface area contributed by atoms with Gasteiger partial charge in [0.1, 0.15) is 6.26 Å². The fraction of sp³-hybridized carbons (Fsp3) is 0.362. The van der Waals surface area contributed by atoms with Crippen LogP contribution in [0, 0.1) is 6.92 Å². The number of benzene rings is 2. The first-order valence-electron chi connectivity index (χ1n) is 21.6. The normalized spacial score (nSPS) is 19.7. The molecule has 2 amide bonds. The van der Waals surface area contributed by atoms with Crippen LogP contribution in [0.1, 0.15) is 18.5 Å². The van der Waals surface area contributed by atoms with Gasteiger partial charge in [-0.15, -0.1) is 0 Å². The Morgan fingerprint density at radius 3 is 1.54 bits per heavy atom. The zero-order valence-corrected chi connectivity index (χ0v) is 36.0. The summed E-state index contributed by atoms with van der Waals surface area (Å²) in [6.45, 7) is 10.7. The summed E-state index contributed by atoms with van der Waals surface area (Å²) in [5.74, 6) is 3.53. The Hall–Kier alpha value is -6.78. The van der Waals surface area contributed by atoms with Crippen molar-refractivity contribution in [3.05, 3.63) is 116 Å². The van der Waals surface area contributed by atoms with E-state index >= 15 is 0 Å². The first-order chi connectivity index (χ1) is 30.8. The van der Waals surface area contributed by atoms with E-state index in [9.17, 15) is 9.59 Å². The van der Waals surface area contributed by atoms with Crippen LogP contribution in [0.3, 0.4) is 0 Å². The quantitative estimate of drug-likeness (QED) is 0.179. The molecule has 10 rings (SSSR count). The highest BCUT2D eigenvalue weighted by Crippen LogP contribution is 2.33. The van der Waals surface area contributed by atoms with Crippen LogP contribution in [0.4, 0.5) is 23.0 Å². The fourth-order valence-corrected chi connectivity index (χ4v) is 8.28. The third-order valence-electron chi connectivity index (χ3n) is 11.9. The molecule has 2 unspecified atom stereocenters. The number of nitrogens with zero attached hydrogens (tertiary/aromatic N) is 11. The Balaban J connectivity index is 0.000000160. The van der Waals surface area contributed by atoms with Crippen molar-refractivity contribution in [2.24, 2.45) is 0 Å². The monoisotopic (exact) mass is 851 g/mol. The van der Waals surface area contributed by atoms with Crippen molar-refractivity contribution in [2.75, 3.05) is 99.1 Å². The molecule has 2 aromatic carbocycles. The lowest BCUT2D eigenvalue weighted by Gasteiger charge is -2.34. The molecule has 16 nitrogen and oxygen atoms in total. The standard InChI is InChI=1S/C24H27N5O3.C23H26N6O2/c1-17-16-31-23(26-17)18-5-7-19(8-6-18)29-11-9-21(24(29)30)32-20-4-3-10-25-22(20)28-14-12-27(2)13-15-28;1-26-14-16-27(17-15-26)22-20(4-2-10-24-22)31-21-9-13-28(23(21)30)18-5-7-19(8-6-18)29-12-3-11-25-29/h3-8,10,16,21H,9,11-15H2,1-2H3;2-8,10-12,21H,9,13-17H2,1H3. The number of amides is 2. The number of piperazine rings is 2. The van der Waals surface area contributed by atoms with Gasteiger partial charge in [0.15, 0.2) is 35.3 Å². The SMILES string of the molecule is CN1CCN(c2ncccc2OC2CCN(c3ccc(-n4cccn4)cc3)C2=O)CC1.Cc1coc(-c2ccc(N3CCC(Oc4cccnc4N4CCN(C)CC4)C3=O)cc2)n1. The van der Waals surface area contributed by atoms with Crippen LogP contribution in [0.2, 0.25) is 0 Å². The maximum atomic E-state index is 13.1. The van der Waals surface area contributed by atoms with E-state index in [1.807, 2.05) is 92.0 Å². The van der Waals surface area contributed by atoms with Gasteiger partial charge in [-0.05, 0) is 99.9 Å². The lowest BCUT2D eigenvalue weighted by molar-refractivity contribution is -0.123. The molecule has 0 aliphatic carbocycles. The molecular weight excluding hydrogens is 799 g/mol. The van der Waals surface area contributed by atoms with Crippen molar-refractivity contribution >= 4 is 34.8 Å². The van der Waals surface area contributed by atoms with Gasteiger partial charge >= 0.3 is 0 Å². The van der Waals surface area contributed by atoms with Gasteiger partial charge in [0.25, 0.3) is 11.8 Å². The minimum atomic E-state index is -0.514. The fourth-order valence-electron chi connectivity index (χ4n) is 8.28. The van der Waals surface area contributed by atoms with Gasteiger partial charge in [-0.1, -0.05) is 0 Å². The van der Waals surface area contributed by atoms with Crippen molar-refractivity contribution in [1.29, 1.82) is 0 Å². The summed E-state index contributed by atoms with van der Waals surface area (Å²) < 4.78 is 19.7. The maximum absolute atomic E-state index is 13.1. The van der Waals surface area contributed by atoms with Crippen molar-refractivity contribution in [1.82, 2.24) is 34.5 Å². The highest BCUT2D eigenvalue weighted by Gasteiger charge is 2.37. The Bertz CT molecular complexity index is 2460. The molecular formula is C47H53N11O5. The van der Waals surface area contributed by atoms with E-state index in [1.165, 1.54) is 0 Å². The number of carbonyl (C=O) groups excluding carboxylic acids is 2. The highest BCUT2D eigenvalue weighted by molar-refractivity contribution is 6.00. The van der Waals surface area contributed by atoms with Crippen molar-refractivity contribution in [2.45, 2.75) is 32.0 Å². The molecule has 63 heavy (non-hydrogen) atoms. The number of ether oxygens (including phenoxy) is 2. The number of anilines is 4. The highest BCUT2D eigenvalue weighted by atomic mass is 16.5. The summed E-state index contributed by atoms with van der Waals surface area (Å²) in [5.41, 5.74) is 4.40. The van der Waals surface area contributed by atoms with Crippen LogP contribution in [-0.4, -0.2) is 138 Å². The number of hydrogen-bond acceptors (Lipinski definition) is 13. The van der Waals surface area contributed by atoms with Gasteiger partial charge in [0.2, 0.25) is 5.89 Å². The number of hydrogen-bond donors (Lipinski definition) is 0. The molecule has 2 atom stereocenters. The van der Waals surface area contributed by atoms with Gasteiger partial charge in [-0.25, -0.2) is 19.6 Å². The van der Waals surface area contributed by atoms with Crippen molar-refractivity contribution < 1.29 is 23.5 Å². The Labute approximate surface area is 367 Å². The Morgan fingerprint density at radius 1 is 0.587 bits per heavy atom. The predicted octanol–water partition coefficient (Wildman–Crippen LogP) is 5.18. The predicted molar refractivity (Wildman–Crippen MR) is 241 cm³/mol. The molecule has 0 bridgehead atoms. The molecule has 0 radical (unpaired) electrons. The summed E-state index contributed by atoms with van der Waals surface area (Å²) in [4.78, 5) is 52.3. The van der Waals surface area contributed by atoms with E-state index in [-0.39, 0.29) is 11.8 Å². The molecule has 326 valence electrons. The molecule has 8 heterocycles. The van der Waals surface area contributed by atoms with Gasteiger partial charge in [0, 0.05) is 120 Å². The zero-order valence-electron chi connectivity index (χ0n) is 36.0. The average Bonchev–Trinajstić information content (AvgIpc) is 4.15. The largest absolute Gasteiger partial charge is 0.477 e. The minimum Gasteiger partial charge on any atom is -0.477 e. The number of carbonyl (C=O) groups is 2. The van der Waals surface area contributed by atoms with E-state index in [4.69, 9.17) is 13.9 Å². The lowest BCUT2D eigenvalue weighted by Crippen LogP contribution is -2.45. The topological polar surface area (TPSA) is 142 Å². The maximum Gasteiger partial charge on any atom is 0.268 e. The van der Waals surface area contributed by atoms with E-state index in [2.05, 4.69) is 53.7 Å². The Morgan fingerprint density at radius 2 is 1.08 bits per heavy atom. The summed E-state index contributed by atoms with van der Waals surface area (Å²) in [6, 6.07) is 25.0. The number of aromatic nitrogens is 5. The number of pyridine rings is 2. The molecule has 0 spiro atoms. The molecule has 16 heteroatoms. The van der Waals surface area contributed by atoms with Crippen LogP contribution in [0.15, 0.2) is 114 Å². The summed E-state index contributed by atoms with van der Waals surface area (Å²) in [7, 11) is 4.25. The number of likely N-dealkylation sites (N-methyl/N-ethyl adjacent to an activating group) is 2. The third-order valence-corrected chi connectivity index (χ3v) is 11.9. The molecule has 4 saturated heterocycles. The van der Waals surface area contributed by atoms with Gasteiger partial charge in [-0.2, -0.15) is 5.10 Å². The summed E-state index contributed by atoms with van der Waals surface area (Å²) in [6.07, 6.45) is 9.10. The van der Waals surface area contributed by atoms with E-state index in [1.54, 1.807) is 39.3 Å². The van der Waals surface area contributed by atoms with Crippen LogP contribution < -0.4 is 29.1 Å². The second kappa shape index (κ2) is 18.7. The van der Waals surface area contributed by atoms with Crippen LogP contribution in [0.25, 0.3) is 17.1 Å². The van der Waals surface area contributed by atoms with Crippen LogP contribution in [0.5, 0.6) is 11.5 Å². The average molecular weight is 852 g/mol. The van der Waals surface area contributed by atoms with Crippen LogP contribution >= 0.6 is 0 Å². The van der Waals surface area contributed by atoms with Gasteiger partial charge < -0.3 is 43.3 Å². The number of aryl methyl sites for hydroxylation is 1. The second-order valence-electron chi connectivity index (χ2n) is 16.3. The molecule has 4 fully saturated rings. The molecule has 4 aromatic heterocycles. The van der Waals surface area contributed by atoms with Crippen LogP contribution in [-0.2, 0) is 9.59 Å². The molecule has 4 aliphatic heterocycles. The van der Waals surface area contributed by atoms with Crippen molar-refractivity contribution in [3.8, 4) is 28.6 Å². The molecule has 6 aromatic rings. The first kappa shape index (κ1) is 41.6. The summed E-state index contributed by atoms with van der Waals surface area (Å²) >= 11 is 0. The van der Waals surface area contributed by atoms with Gasteiger partial charge in [-0.3, -0.25) is 9.59 Å². The first-order valence-corrected chi connectivity index (χ1v) is 21.6. The van der Waals surface area contributed by atoms with E-state index in [0.717, 1.165) is 92.3 Å². The Kier molecular flexibility index (Phi) is 12.3. The second-order valence-corrected chi connectivity index (χ2v) is 16.3. The number of rotatable bonds is 10. The van der Waals surface area contributed by atoms with Gasteiger partial charge in [0.05, 0.1) is 11.4 Å². The molecule has 0 saturated carbocycles. The van der Waals surface area contributed by atoms with E-state index < -0.39 is 12.2 Å². The smallest absolute Gasteiger partial charge is 0.268 e.